The first-order valence-electron chi connectivity index (χ1n) is 11.0. The Morgan fingerprint density at radius 3 is 2.25 bits per heavy atom. The number of aliphatic carboxylic acids is 1. The Morgan fingerprint density at radius 1 is 1.09 bits per heavy atom. The molecule has 0 unspecified atom stereocenters. The van der Waals surface area contributed by atoms with Crippen molar-refractivity contribution >= 4 is 18.0 Å². The molecule has 0 radical (unpaired) electrons. The van der Waals surface area contributed by atoms with Crippen LogP contribution in [-0.2, 0) is 14.3 Å². The molecule has 0 saturated carbocycles. The van der Waals surface area contributed by atoms with Gasteiger partial charge in [0.2, 0.25) is 5.91 Å². The summed E-state index contributed by atoms with van der Waals surface area (Å²) in [4.78, 5) is 38.1. The second-order valence-electron chi connectivity index (χ2n) is 8.63. The summed E-state index contributed by atoms with van der Waals surface area (Å²) >= 11 is 0. The molecule has 2 aromatic carbocycles. The Morgan fingerprint density at radius 2 is 1.69 bits per heavy atom. The lowest BCUT2D eigenvalue weighted by molar-refractivity contribution is -0.147. The zero-order valence-electron chi connectivity index (χ0n) is 18.3. The molecule has 4 rings (SSSR count). The fourth-order valence-corrected chi connectivity index (χ4v) is 4.85. The molecule has 3 atom stereocenters. The largest absolute Gasteiger partial charge is 0.481 e. The summed E-state index contributed by atoms with van der Waals surface area (Å²) in [6.45, 7) is 4.02. The van der Waals surface area contributed by atoms with Crippen LogP contribution >= 0.6 is 0 Å². The molecule has 168 valence electrons. The molecule has 1 saturated heterocycles. The molecule has 2 N–H and O–H groups in total. The molecule has 7 nitrogen and oxygen atoms in total. The minimum Gasteiger partial charge on any atom is -0.481 e. The maximum atomic E-state index is 12.8. The summed E-state index contributed by atoms with van der Waals surface area (Å²) in [5.74, 6) is -1.53. The van der Waals surface area contributed by atoms with Crippen molar-refractivity contribution in [1.29, 1.82) is 0 Å². The number of ether oxygens (including phenoxy) is 1. The number of nitrogens with zero attached hydrogens (tertiary/aromatic N) is 1. The van der Waals surface area contributed by atoms with Crippen LogP contribution in [0.3, 0.4) is 0 Å². The minimum absolute atomic E-state index is 0.0470. The van der Waals surface area contributed by atoms with Crippen molar-refractivity contribution in [3.05, 3.63) is 59.7 Å². The summed E-state index contributed by atoms with van der Waals surface area (Å²) in [5.41, 5.74) is 4.56. The zero-order valence-corrected chi connectivity index (χ0v) is 18.3. The van der Waals surface area contributed by atoms with E-state index in [1.165, 1.54) is 0 Å². The van der Waals surface area contributed by atoms with Gasteiger partial charge in [-0.3, -0.25) is 9.59 Å². The SMILES string of the molecule is C[C@@H]1C[C@H](C(=O)O)CCN1C(=O)[C@@H](C)NC(=O)OCC1c2ccccc2-c2ccccc21. The standard InChI is InChI=1S/C25H28N2O5/c1-15-13-17(24(29)30)11-12-27(15)23(28)16(2)26-25(31)32-14-22-20-9-5-3-7-18(20)19-8-4-6-10-21(19)22/h3-10,15-17,22H,11-14H2,1-2H3,(H,26,31)(H,29,30)/t15-,16-,17-/m1/s1. The lowest BCUT2D eigenvalue weighted by Gasteiger charge is -2.37. The number of benzene rings is 2. The molecule has 0 aromatic heterocycles. The lowest BCUT2D eigenvalue weighted by atomic mass is 9.91. The van der Waals surface area contributed by atoms with Crippen molar-refractivity contribution in [3.8, 4) is 11.1 Å². The van der Waals surface area contributed by atoms with Gasteiger partial charge in [0, 0.05) is 18.5 Å². The van der Waals surface area contributed by atoms with Crippen LogP contribution in [0.15, 0.2) is 48.5 Å². The number of hydrogen-bond donors (Lipinski definition) is 2. The summed E-state index contributed by atoms with van der Waals surface area (Å²) in [6, 6.07) is 15.3. The summed E-state index contributed by atoms with van der Waals surface area (Å²) in [6.07, 6.45) is 0.197. The highest BCUT2D eigenvalue weighted by molar-refractivity contribution is 5.86. The number of likely N-dealkylation sites (tertiary alicyclic amines) is 1. The van der Waals surface area contributed by atoms with E-state index in [1.54, 1.807) is 11.8 Å². The van der Waals surface area contributed by atoms with Gasteiger partial charge in [-0.15, -0.1) is 0 Å². The van der Waals surface area contributed by atoms with Crippen molar-refractivity contribution in [2.45, 2.75) is 44.7 Å². The molecule has 2 aromatic rings. The number of rotatable bonds is 5. The minimum atomic E-state index is -0.825. The van der Waals surface area contributed by atoms with Crippen LogP contribution < -0.4 is 5.32 Å². The van der Waals surface area contributed by atoms with E-state index in [-0.39, 0.29) is 24.5 Å². The highest BCUT2D eigenvalue weighted by Crippen LogP contribution is 2.44. The van der Waals surface area contributed by atoms with E-state index in [0.717, 1.165) is 22.3 Å². The van der Waals surface area contributed by atoms with Crippen LogP contribution in [0.2, 0.25) is 0 Å². The molecular formula is C25H28N2O5. The first kappa shape index (κ1) is 21.9. The second-order valence-corrected chi connectivity index (χ2v) is 8.63. The number of fused-ring (bicyclic) bond motifs is 3. The van der Waals surface area contributed by atoms with Crippen LogP contribution in [0.25, 0.3) is 11.1 Å². The molecule has 1 aliphatic carbocycles. The normalized spacial score (nSPS) is 20.8. The smallest absolute Gasteiger partial charge is 0.407 e. The van der Waals surface area contributed by atoms with Crippen LogP contribution in [0.5, 0.6) is 0 Å². The van der Waals surface area contributed by atoms with Crippen LogP contribution in [0.4, 0.5) is 4.79 Å². The Balaban J connectivity index is 1.34. The highest BCUT2D eigenvalue weighted by Gasteiger charge is 2.35. The maximum Gasteiger partial charge on any atom is 0.407 e. The van der Waals surface area contributed by atoms with Gasteiger partial charge < -0.3 is 20.1 Å². The summed E-state index contributed by atoms with van der Waals surface area (Å²) in [5, 5.41) is 11.8. The number of hydrogen-bond acceptors (Lipinski definition) is 4. The van der Waals surface area contributed by atoms with Crippen LogP contribution in [0, 0.1) is 5.92 Å². The van der Waals surface area contributed by atoms with Gasteiger partial charge in [0.05, 0.1) is 5.92 Å². The average Bonchev–Trinajstić information content (AvgIpc) is 3.11. The lowest BCUT2D eigenvalue weighted by Crippen LogP contribution is -2.53. The van der Waals surface area contributed by atoms with Gasteiger partial charge in [-0.05, 0) is 48.9 Å². The topological polar surface area (TPSA) is 95.9 Å². The number of carboxylic acid groups (broad SMARTS) is 1. The number of carbonyl (C=O) groups is 3. The van der Waals surface area contributed by atoms with Crippen LogP contribution in [-0.4, -0.2) is 53.2 Å². The first-order chi connectivity index (χ1) is 15.4. The number of amides is 2. The first-order valence-corrected chi connectivity index (χ1v) is 11.0. The van der Waals surface area contributed by atoms with Crippen molar-refractivity contribution in [2.75, 3.05) is 13.2 Å². The third-order valence-electron chi connectivity index (χ3n) is 6.56. The fraction of sp³-hybridized carbons (Fsp3) is 0.400. The van der Waals surface area contributed by atoms with Gasteiger partial charge >= 0.3 is 12.1 Å². The molecule has 1 aliphatic heterocycles. The summed E-state index contributed by atoms with van der Waals surface area (Å²) < 4.78 is 5.52. The molecule has 1 heterocycles. The molecule has 0 bridgehead atoms. The van der Waals surface area contributed by atoms with E-state index < -0.39 is 24.0 Å². The predicted octanol–water partition coefficient (Wildman–Crippen LogP) is 3.63. The van der Waals surface area contributed by atoms with Gasteiger partial charge in [0.25, 0.3) is 0 Å². The van der Waals surface area contributed by atoms with Gasteiger partial charge in [0.15, 0.2) is 0 Å². The van der Waals surface area contributed by atoms with E-state index in [1.807, 2.05) is 31.2 Å². The third-order valence-corrected chi connectivity index (χ3v) is 6.56. The van der Waals surface area contributed by atoms with Crippen molar-refractivity contribution in [3.63, 3.8) is 0 Å². The highest BCUT2D eigenvalue weighted by atomic mass is 16.5. The number of carbonyl (C=O) groups excluding carboxylic acids is 2. The Bertz CT molecular complexity index is 991. The molecule has 1 fully saturated rings. The quantitative estimate of drug-likeness (QED) is 0.746. The third kappa shape index (κ3) is 4.20. The molecule has 0 spiro atoms. The number of alkyl carbamates (subject to hydrolysis) is 1. The second kappa shape index (κ2) is 9.02. The Labute approximate surface area is 187 Å². The number of nitrogens with one attached hydrogen (secondary N) is 1. The van der Waals surface area contributed by atoms with E-state index in [4.69, 9.17) is 4.74 Å². The van der Waals surface area contributed by atoms with E-state index >= 15 is 0 Å². The number of carboxylic acids is 1. The van der Waals surface area contributed by atoms with E-state index in [0.29, 0.717) is 19.4 Å². The van der Waals surface area contributed by atoms with Crippen molar-refractivity contribution in [2.24, 2.45) is 5.92 Å². The molecule has 32 heavy (non-hydrogen) atoms. The monoisotopic (exact) mass is 436 g/mol. The van der Waals surface area contributed by atoms with Gasteiger partial charge in [-0.1, -0.05) is 48.5 Å². The van der Waals surface area contributed by atoms with Crippen molar-refractivity contribution < 1.29 is 24.2 Å². The molecular weight excluding hydrogens is 408 g/mol. The van der Waals surface area contributed by atoms with Gasteiger partial charge in [0.1, 0.15) is 12.6 Å². The average molecular weight is 437 g/mol. The molecule has 2 aliphatic rings. The summed E-state index contributed by atoms with van der Waals surface area (Å²) in [7, 11) is 0. The fourth-order valence-electron chi connectivity index (χ4n) is 4.85. The van der Waals surface area contributed by atoms with E-state index in [9.17, 15) is 19.5 Å². The van der Waals surface area contributed by atoms with E-state index in [2.05, 4.69) is 29.6 Å². The zero-order chi connectivity index (χ0) is 22.8. The van der Waals surface area contributed by atoms with Crippen molar-refractivity contribution in [1.82, 2.24) is 10.2 Å². The maximum absolute atomic E-state index is 12.8. The van der Waals surface area contributed by atoms with Crippen LogP contribution in [0.1, 0.15) is 43.7 Å². The molecule has 7 heteroatoms. The number of piperidine rings is 1. The Kier molecular flexibility index (Phi) is 6.17. The van der Waals surface area contributed by atoms with Gasteiger partial charge in [-0.2, -0.15) is 0 Å². The Hall–Kier alpha value is -3.35. The molecule has 2 amide bonds. The predicted molar refractivity (Wildman–Crippen MR) is 119 cm³/mol. The van der Waals surface area contributed by atoms with Gasteiger partial charge in [-0.25, -0.2) is 4.79 Å².